The number of carbonyl (C=O) groups excluding carboxylic acids is 2. The summed E-state index contributed by atoms with van der Waals surface area (Å²) in [5.41, 5.74) is 0.204. The third kappa shape index (κ3) is 3.37. The highest BCUT2D eigenvalue weighted by Crippen LogP contribution is 2.24. The van der Waals surface area contributed by atoms with Crippen LogP contribution in [-0.2, 0) is 4.79 Å². The van der Waals surface area contributed by atoms with Crippen molar-refractivity contribution in [3.63, 3.8) is 0 Å². The van der Waals surface area contributed by atoms with Crippen LogP contribution in [-0.4, -0.2) is 11.9 Å². The molecule has 3 rings (SSSR count). The highest BCUT2D eigenvalue weighted by molar-refractivity contribution is 5.95. The van der Waals surface area contributed by atoms with E-state index in [0.717, 1.165) is 10.8 Å². The van der Waals surface area contributed by atoms with Crippen LogP contribution in [0.15, 0.2) is 66.7 Å². The normalized spacial score (nSPS) is 10.3. The van der Waals surface area contributed by atoms with Crippen LogP contribution in [0.4, 0.5) is 0 Å². The maximum Gasteiger partial charge on any atom is 0.347 e. The van der Waals surface area contributed by atoms with Gasteiger partial charge in [-0.05, 0) is 35.0 Å². The molecule has 114 valence electrons. The Bertz CT molecular complexity index is 883. The number of ether oxygens (including phenoxy) is 2. The summed E-state index contributed by atoms with van der Waals surface area (Å²) in [6.07, 6.45) is 0. The van der Waals surface area contributed by atoms with E-state index >= 15 is 0 Å². The van der Waals surface area contributed by atoms with Crippen molar-refractivity contribution in [3.05, 3.63) is 72.3 Å². The molecule has 23 heavy (non-hydrogen) atoms. The standard InChI is InChI=1S/C19H14O4/c1-13(20)22-18-9-5-4-8-17(18)19(21)23-16-11-10-14-6-2-3-7-15(14)12-16/h2-12H,1H3. The molecule has 0 saturated carbocycles. The van der Waals surface area contributed by atoms with Crippen molar-refractivity contribution in [1.82, 2.24) is 0 Å². The Morgan fingerprint density at radius 2 is 1.48 bits per heavy atom. The SMILES string of the molecule is CC(=O)Oc1ccccc1C(=O)Oc1ccc2ccccc2c1. The first kappa shape index (κ1) is 14.8. The quantitative estimate of drug-likeness (QED) is 0.542. The van der Waals surface area contributed by atoms with Gasteiger partial charge in [-0.25, -0.2) is 4.79 Å². The van der Waals surface area contributed by atoms with Crippen LogP contribution in [0.2, 0.25) is 0 Å². The van der Waals surface area contributed by atoms with Crippen LogP contribution < -0.4 is 9.47 Å². The Kier molecular flexibility index (Phi) is 4.06. The molecule has 0 fully saturated rings. The average Bonchev–Trinajstić information content (AvgIpc) is 2.54. The van der Waals surface area contributed by atoms with Gasteiger partial charge in [-0.2, -0.15) is 0 Å². The minimum absolute atomic E-state index is 0.186. The Hall–Kier alpha value is -3.14. The second-order valence-electron chi connectivity index (χ2n) is 4.99. The number of para-hydroxylation sites is 1. The van der Waals surface area contributed by atoms with Crippen molar-refractivity contribution in [2.75, 3.05) is 0 Å². The highest BCUT2D eigenvalue weighted by Gasteiger charge is 2.15. The molecule has 0 saturated heterocycles. The minimum Gasteiger partial charge on any atom is -0.426 e. The van der Waals surface area contributed by atoms with Gasteiger partial charge in [0.15, 0.2) is 0 Å². The van der Waals surface area contributed by atoms with Gasteiger partial charge in [-0.3, -0.25) is 4.79 Å². The lowest BCUT2D eigenvalue weighted by atomic mass is 10.1. The summed E-state index contributed by atoms with van der Waals surface area (Å²) in [6.45, 7) is 1.28. The maximum atomic E-state index is 12.3. The summed E-state index contributed by atoms with van der Waals surface area (Å²) in [4.78, 5) is 23.5. The van der Waals surface area contributed by atoms with Gasteiger partial charge in [0.1, 0.15) is 17.1 Å². The van der Waals surface area contributed by atoms with E-state index in [9.17, 15) is 9.59 Å². The van der Waals surface area contributed by atoms with Gasteiger partial charge in [0.05, 0.1) is 0 Å². The minimum atomic E-state index is -0.572. The van der Waals surface area contributed by atoms with Crippen LogP contribution in [0, 0.1) is 0 Å². The first-order chi connectivity index (χ1) is 11.1. The largest absolute Gasteiger partial charge is 0.426 e. The van der Waals surface area contributed by atoms with Gasteiger partial charge in [0.25, 0.3) is 0 Å². The van der Waals surface area contributed by atoms with Crippen molar-refractivity contribution >= 4 is 22.7 Å². The topological polar surface area (TPSA) is 52.6 Å². The smallest absolute Gasteiger partial charge is 0.347 e. The Morgan fingerprint density at radius 1 is 0.783 bits per heavy atom. The molecule has 0 heterocycles. The zero-order valence-electron chi connectivity index (χ0n) is 12.5. The predicted octanol–water partition coefficient (Wildman–Crippen LogP) is 3.98. The van der Waals surface area contributed by atoms with Crippen LogP contribution in [0.25, 0.3) is 10.8 Å². The first-order valence-corrected chi connectivity index (χ1v) is 7.12. The lowest BCUT2D eigenvalue weighted by Gasteiger charge is -2.09. The average molecular weight is 306 g/mol. The van der Waals surface area contributed by atoms with Crippen molar-refractivity contribution in [2.24, 2.45) is 0 Å². The molecule has 3 aromatic rings. The molecule has 0 radical (unpaired) electrons. The molecule has 0 aromatic heterocycles. The van der Waals surface area contributed by atoms with E-state index < -0.39 is 11.9 Å². The molecule has 0 atom stereocenters. The summed E-state index contributed by atoms with van der Waals surface area (Å²) in [6, 6.07) is 19.7. The number of esters is 2. The third-order valence-corrected chi connectivity index (χ3v) is 3.29. The summed E-state index contributed by atoms with van der Waals surface area (Å²) in [7, 11) is 0. The predicted molar refractivity (Wildman–Crippen MR) is 86.7 cm³/mol. The van der Waals surface area contributed by atoms with E-state index in [4.69, 9.17) is 9.47 Å². The molecular formula is C19H14O4. The second kappa shape index (κ2) is 6.32. The number of fused-ring (bicyclic) bond motifs is 1. The van der Waals surface area contributed by atoms with Crippen molar-refractivity contribution in [3.8, 4) is 11.5 Å². The second-order valence-corrected chi connectivity index (χ2v) is 4.99. The molecule has 0 N–H and O–H groups in total. The van der Waals surface area contributed by atoms with E-state index in [1.54, 1.807) is 36.4 Å². The van der Waals surface area contributed by atoms with E-state index in [0.29, 0.717) is 5.75 Å². The Balaban J connectivity index is 1.87. The molecule has 0 amide bonds. The molecule has 0 aliphatic carbocycles. The Morgan fingerprint density at radius 3 is 2.26 bits per heavy atom. The van der Waals surface area contributed by atoms with Gasteiger partial charge >= 0.3 is 11.9 Å². The van der Waals surface area contributed by atoms with E-state index in [1.165, 1.54) is 6.92 Å². The maximum absolute atomic E-state index is 12.3. The van der Waals surface area contributed by atoms with Gasteiger partial charge in [-0.1, -0.05) is 42.5 Å². The van der Waals surface area contributed by atoms with Crippen LogP contribution in [0.1, 0.15) is 17.3 Å². The fourth-order valence-electron chi connectivity index (χ4n) is 2.27. The lowest BCUT2D eigenvalue weighted by Crippen LogP contribution is -2.12. The zero-order chi connectivity index (χ0) is 16.2. The van der Waals surface area contributed by atoms with Gasteiger partial charge in [0, 0.05) is 6.92 Å². The molecule has 0 unspecified atom stereocenters. The monoisotopic (exact) mass is 306 g/mol. The Labute approximate surface area is 133 Å². The van der Waals surface area contributed by atoms with Crippen LogP contribution in [0.3, 0.4) is 0 Å². The van der Waals surface area contributed by atoms with E-state index in [-0.39, 0.29) is 11.3 Å². The molecule has 4 heteroatoms. The van der Waals surface area contributed by atoms with Gasteiger partial charge in [-0.15, -0.1) is 0 Å². The summed E-state index contributed by atoms with van der Waals surface area (Å²) >= 11 is 0. The summed E-state index contributed by atoms with van der Waals surface area (Å²) in [5, 5.41) is 2.04. The lowest BCUT2D eigenvalue weighted by molar-refractivity contribution is -0.131. The molecule has 0 aliphatic heterocycles. The first-order valence-electron chi connectivity index (χ1n) is 7.12. The van der Waals surface area contributed by atoms with E-state index in [2.05, 4.69) is 0 Å². The molecule has 0 bridgehead atoms. The number of rotatable bonds is 3. The fraction of sp³-hybridized carbons (Fsp3) is 0.0526. The third-order valence-electron chi connectivity index (χ3n) is 3.29. The highest BCUT2D eigenvalue weighted by atomic mass is 16.5. The van der Waals surface area contributed by atoms with Crippen LogP contribution >= 0.6 is 0 Å². The van der Waals surface area contributed by atoms with Gasteiger partial charge < -0.3 is 9.47 Å². The van der Waals surface area contributed by atoms with Gasteiger partial charge in [0.2, 0.25) is 0 Å². The molecule has 3 aromatic carbocycles. The fourth-order valence-corrected chi connectivity index (χ4v) is 2.27. The van der Waals surface area contributed by atoms with Crippen molar-refractivity contribution in [2.45, 2.75) is 6.92 Å². The van der Waals surface area contributed by atoms with E-state index in [1.807, 2.05) is 30.3 Å². The zero-order valence-corrected chi connectivity index (χ0v) is 12.5. The molecular weight excluding hydrogens is 292 g/mol. The molecule has 4 nitrogen and oxygen atoms in total. The summed E-state index contributed by atoms with van der Waals surface area (Å²) < 4.78 is 10.4. The van der Waals surface area contributed by atoms with Crippen LogP contribution in [0.5, 0.6) is 11.5 Å². The number of hydrogen-bond acceptors (Lipinski definition) is 4. The number of benzene rings is 3. The number of carbonyl (C=O) groups is 2. The molecule has 0 spiro atoms. The van der Waals surface area contributed by atoms with Crippen molar-refractivity contribution in [1.29, 1.82) is 0 Å². The summed E-state index contributed by atoms with van der Waals surface area (Å²) in [5.74, 6) is -0.440. The molecule has 0 aliphatic rings. The van der Waals surface area contributed by atoms with Crippen molar-refractivity contribution < 1.29 is 19.1 Å². The number of hydrogen-bond donors (Lipinski definition) is 0.